The molecule has 0 N–H and O–H groups in total. The van der Waals surface area contributed by atoms with Crippen LogP contribution < -0.4 is 0 Å². The summed E-state index contributed by atoms with van der Waals surface area (Å²) in [5, 5.41) is 3.15. The number of halogens is 1. The van der Waals surface area contributed by atoms with E-state index in [-0.39, 0.29) is 0 Å². The summed E-state index contributed by atoms with van der Waals surface area (Å²) in [4.78, 5) is 7.06. The van der Waals surface area contributed by atoms with Crippen LogP contribution >= 0.6 is 27.3 Å². The minimum atomic E-state index is 1.04. The van der Waals surface area contributed by atoms with Gasteiger partial charge in [-0.25, -0.2) is 4.98 Å². The van der Waals surface area contributed by atoms with Crippen molar-refractivity contribution in [1.82, 2.24) is 9.88 Å². The van der Waals surface area contributed by atoms with Gasteiger partial charge in [0.2, 0.25) is 0 Å². The van der Waals surface area contributed by atoms with Crippen molar-refractivity contribution in [3.05, 3.63) is 57.5 Å². The second kappa shape index (κ2) is 7.75. The minimum Gasteiger partial charge on any atom is -0.377 e. The summed E-state index contributed by atoms with van der Waals surface area (Å²) in [5.41, 5.74) is 2.19. The predicted octanol–water partition coefficient (Wildman–Crippen LogP) is 5.59. The van der Waals surface area contributed by atoms with Crippen molar-refractivity contribution < 1.29 is 0 Å². The molecule has 2 nitrogen and oxygen atoms in total. The van der Waals surface area contributed by atoms with E-state index in [0.717, 1.165) is 20.7 Å². The van der Waals surface area contributed by atoms with Crippen LogP contribution in [0, 0.1) is 0 Å². The van der Waals surface area contributed by atoms with Gasteiger partial charge >= 0.3 is 0 Å². The molecule has 0 aliphatic carbocycles. The molecule has 0 radical (unpaired) electrons. The zero-order chi connectivity index (χ0) is 15.2. The Morgan fingerprint density at radius 2 is 1.82 bits per heavy atom. The Hall–Kier alpha value is -1.39. The van der Waals surface area contributed by atoms with Crippen LogP contribution in [0.4, 0.5) is 0 Å². The summed E-state index contributed by atoms with van der Waals surface area (Å²) in [6, 6.07) is 8.27. The van der Waals surface area contributed by atoms with Gasteiger partial charge in [-0.05, 0) is 49.7 Å². The van der Waals surface area contributed by atoms with Gasteiger partial charge in [0, 0.05) is 28.5 Å². The highest BCUT2D eigenvalue weighted by atomic mass is 79.9. The van der Waals surface area contributed by atoms with Gasteiger partial charge in [-0.3, -0.25) is 0 Å². The number of allylic oxidation sites excluding steroid dienone is 2. The molecule has 1 aliphatic rings. The number of aromatic nitrogens is 1. The topological polar surface area (TPSA) is 16.1 Å². The fourth-order valence-corrected chi connectivity index (χ4v) is 3.49. The zero-order valence-electron chi connectivity index (χ0n) is 12.4. The molecule has 1 fully saturated rings. The van der Waals surface area contributed by atoms with E-state index >= 15 is 0 Å². The van der Waals surface area contributed by atoms with E-state index in [1.54, 1.807) is 11.3 Å². The number of hydrogen-bond donors (Lipinski definition) is 0. The van der Waals surface area contributed by atoms with Gasteiger partial charge < -0.3 is 4.90 Å². The smallest absolute Gasteiger partial charge is 0.116 e. The summed E-state index contributed by atoms with van der Waals surface area (Å²) < 4.78 is 1.09. The predicted molar refractivity (Wildman–Crippen MR) is 98.8 cm³/mol. The third-order valence-corrected chi connectivity index (χ3v) is 5.04. The molecule has 4 heteroatoms. The standard InChI is InChI=1S/C18H19BrN2S/c19-16-9-7-15(8-10-16)17-14-22-18(20-17)6-2-5-13-21-11-3-1-4-12-21/h2,5-10,13-14H,1,3-4,11-12H2/b6-2+,13-5+. The van der Waals surface area contributed by atoms with Crippen molar-refractivity contribution in [1.29, 1.82) is 0 Å². The number of thiazole rings is 1. The summed E-state index contributed by atoms with van der Waals surface area (Å²) in [6.45, 7) is 2.38. The Labute approximate surface area is 144 Å². The largest absolute Gasteiger partial charge is 0.377 e. The van der Waals surface area contributed by atoms with E-state index in [1.807, 2.05) is 12.1 Å². The van der Waals surface area contributed by atoms with Crippen LogP contribution in [0.2, 0.25) is 0 Å². The van der Waals surface area contributed by atoms with E-state index in [1.165, 1.54) is 32.4 Å². The number of likely N-dealkylation sites (tertiary alicyclic amines) is 1. The van der Waals surface area contributed by atoms with E-state index in [2.05, 4.69) is 67.8 Å². The molecule has 2 heterocycles. The lowest BCUT2D eigenvalue weighted by atomic mass is 10.1. The fourth-order valence-electron chi connectivity index (χ4n) is 2.49. The monoisotopic (exact) mass is 374 g/mol. The Morgan fingerprint density at radius 3 is 2.59 bits per heavy atom. The average Bonchev–Trinajstić information content (AvgIpc) is 3.02. The zero-order valence-corrected chi connectivity index (χ0v) is 14.8. The molecule has 0 spiro atoms. The lowest BCUT2D eigenvalue weighted by Gasteiger charge is -2.24. The second-order valence-corrected chi connectivity index (χ2v) is 7.18. The highest BCUT2D eigenvalue weighted by Gasteiger charge is 2.04. The first-order chi connectivity index (χ1) is 10.8. The fraction of sp³-hybridized carbons (Fsp3) is 0.278. The Bertz CT molecular complexity index is 652. The minimum absolute atomic E-state index is 1.04. The average molecular weight is 375 g/mol. The van der Waals surface area contributed by atoms with Gasteiger partial charge in [0.1, 0.15) is 5.01 Å². The number of benzene rings is 1. The van der Waals surface area contributed by atoms with E-state index in [9.17, 15) is 0 Å². The Kier molecular flexibility index (Phi) is 5.46. The number of piperidine rings is 1. The van der Waals surface area contributed by atoms with E-state index < -0.39 is 0 Å². The molecule has 0 bridgehead atoms. The maximum atomic E-state index is 4.66. The van der Waals surface area contributed by atoms with Crippen molar-refractivity contribution in [2.45, 2.75) is 19.3 Å². The third-order valence-electron chi connectivity index (χ3n) is 3.70. The molecular formula is C18H19BrN2S. The SMILES string of the molecule is Brc1ccc(-c2csc(/C=C/C=C/N3CCCCC3)n2)cc1. The first kappa shape index (κ1) is 15.5. The number of rotatable bonds is 4. The van der Waals surface area contributed by atoms with Crippen LogP contribution in [0.1, 0.15) is 24.3 Å². The van der Waals surface area contributed by atoms with Crippen molar-refractivity contribution in [3.63, 3.8) is 0 Å². The first-order valence-corrected chi connectivity index (χ1v) is 9.29. The first-order valence-electron chi connectivity index (χ1n) is 7.62. The third kappa shape index (κ3) is 4.31. The maximum absolute atomic E-state index is 4.66. The highest BCUT2D eigenvalue weighted by molar-refractivity contribution is 9.10. The molecule has 0 saturated carbocycles. The van der Waals surface area contributed by atoms with Crippen molar-refractivity contribution in [3.8, 4) is 11.3 Å². The highest BCUT2D eigenvalue weighted by Crippen LogP contribution is 2.24. The lowest BCUT2D eigenvalue weighted by Crippen LogP contribution is -2.23. The maximum Gasteiger partial charge on any atom is 0.116 e. The van der Waals surface area contributed by atoms with Crippen molar-refractivity contribution in [2.75, 3.05) is 13.1 Å². The number of nitrogens with zero attached hydrogens (tertiary/aromatic N) is 2. The van der Waals surface area contributed by atoms with Crippen molar-refractivity contribution in [2.24, 2.45) is 0 Å². The van der Waals surface area contributed by atoms with Gasteiger partial charge in [-0.2, -0.15) is 0 Å². The molecule has 1 aromatic heterocycles. The molecule has 1 saturated heterocycles. The Balaban J connectivity index is 1.60. The molecular weight excluding hydrogens is 356 g/mol. The van der Waals surface area contributed by atoms with Gasteiger partial charge in [0.05, 0.1) is 5.69 Å². The van der Waals surface area contributed by atoms with Crippen LogP contribution in [0.25, 0.3) is 17.3 Å². The van der Waals surface area contributed by atoms with Gasteiger partial charge in [0.15, 0.2) is 0 Å². The Morgan fingerprint density at radius 1 is 1.05 bits per heavy atom. The molecule has 3 rings (SSSR count). The van der Waals surface area contributed by atoms with Gasteiger partial charge in [0.25, 0.3) is 0 Å². The lowest BCUT2D eigenvalue weighted by molar-refractivity contribution is 0.309. The van der Waals surface area contributed by atoms with Crippen LogP contribution in [-0.4, -0.2) is 23.0 Å². The summed E-state index contributed by atoms with van der Waals surface area (Å²) in [5.74, 6) is 0. The van der Waals surface area contributed by atoms with E-state index in [0.29, 0.717) is 0 Å². The molecule has 2 aromatic rings. The molecule has 1 aromatic carbocycles. The van der Waals surface area contributed by atoms with Gasteiger partial charge in [-0.1, -0.05) is 34.1 Å². The van der Waals surface area contributed by atoms with Crippen molar-refractivity contribution >= 4 is 33.3 Å². The van der Waals surface area contributed by atoms with E-state index in [4.69, 9.17) is 0 Å². The summed E-state index contributed by atoms with van der Waals surface area (Å²) >= 11 is 5.13. The van der Waals surface area contributed by atoms with Gasteiger partial charge in [-0.15, -0.1) is 11.3 Å². The molecule has 0 unspecified atom stereocenters. The molecule has 0 atom stereocenters. The molecule has 22 heavy (non-hydrogen) atoms. The molecule has 1 aliphatic heterocycles. The summed E-state index contributed by atoms with van der Waals surface area (Å²) in [6.07, 6.45) is 12.5. The molecule has 0 amide bonds. The van der Waals surface area contributed by atoms with Crippen LogP contribution in [0.15, 0.2) is 52.5 Å². The second-order valence-electron chi connectivity index (χ2n) is 5.38. The quantitative estimate of drug-likeness (QED) is 0.648. The number of hydrogen-bond acceptors (Lipinski definition) is 3. The van der Waals surface area contributed by atoms with Crippen LogP contribution in [0.3, 0.4) is 0 Å². The van der Waals surface area contributed by atoms with Crippen LogP contribution in [-0.2, 0) is 0 Å². The summed E-state index contributed by atoms with van der Waals surface area (Å²) in [7, 11) is 0. The molecule has 114 valence electrons. The normalized spacial score (nSPS) is 16.0. The van der Waals surface area contributed by atoms with Crippen LogP contribution in [0.5, 0.6) is 0 Å².